The van der Waals surface area contributed by atoms with E-state index in [0.29, 0.717) is 32.0 Å². The number of ether oxygens (including phenoxy) is 2. The number of hydrogen-bond acceptors (Lipinski definition) is 6. The highest BCUT2D eigenvalue weighted by Crippen LogP contribution is 2.22. The average Bonchev–Trinajstić information content (AvgIpc) is 2.63. The van der Waals surface area contributed by atoms with Crippen molar-refractivity contribution in [2.24, 2.45) is 0 Å². The summed E-state index contributed by atoms with van der Waals surface area (Å²) in [5.74, 6) is 0.701. The average molecular weight is 349 g/mol. The van der Waals surface area contributed by atoms with Gasteiger partial charge in [0, 0.05) is 44.6 Å². The molecule has 25 heavy (non-hydrogen) atoms. The molecule has 0 spiro atoms. The molecule has 1 aromatic carbocycles. The molecule has 2 heterocycles. The minimum absolute atomic E-state index is 0.0125. The summed E-state index contributed by atoms with van der Waals surface area (Å²) in [7, 11) is 0. The minimum Gasteiger partial charge on any atom is -0.490 e. The number of hydrogen-bond donors (Lipinski definition) is 1. The number of amides is 1. The van der Waals surface area contributed by atoms with Crippen molar-refractivity contribution in [2.45, 2.75) is 38.0 Å². The van der Waals surface area contributed by atoms with E-state index in [4.69, 9.17) is 9.47 Å². The fourth-order valence-electron chi connectivity index (χ4n) is 3.24. The van der Waals surface area contributed by atoms with Crippen LogP contribution in [0.5, 0.6) is 5.75 Å². The fourth-order valence-corrected chi connectivity index (χ4v) is 3.24. The zero-order valence-corrected chi connectivity index (χ0v) is 14.2. The summed E-state index contributed by atoms with van der Waals surface area (Å²) in [6, 6.07) is 5.82. The second kappa shape index (κ2) is 7.79. The van der Waals surface area contributed by atoms with Crippen molar-refractivity contribution in [1.29, 1.82) is 0 Å². The van der Waals surface area contributed by atoms with Crippen LogP contribution in [-0.4, -0.2) is 60.2 Å². The summed E-state index contributed by atoms with van der Waals surface area (Å²) < 4.78 is 11.4. The Labute approximate surface area is 146 Å². The molecule has 2 saturated heterocycles. The number of nitrogens with one attached hydrogen (secondary N) is 1. The molecular formula is C17H23N3O5. The van der Waals surface area contributed by atoms with Gasteiger partial charge in [-0.1, -0.05) is 0 Å². The normalized spacial score (nSPS) is 24.8. The summed E-state index contributed by atoms with van der Waals surface area (Å²) in [6.07, 6.45) is 1.38. The zero-order chi connectivity index (χ0) is 17.8. The molecular weight excluding hydrogens is 326 g/mol. The summed E-state index contributed by atoms with van der Waals surface area (Å²) in [5, 5.41) is 13.9. The third-order valence-electron chi connectivity index (χ3n) is 4.69. The first-order valence-electron chi connectivity index (χ1n) is 8.59. The minimum atomic E-state index is -0.433. The van der Waals surface area contributed by atoms with Crippen molar-refractivity contribution in [3.8, 4) is 5.75 Å². The van der Waals surface area contributed by atoms with Gasteiger partial charge in [0.25, 0.3) is 5.69 Å². The number of non-ortho nitro benzene ring substituents is 1. The van der Waals surface area contributed by atoms with Crippen LogP contribution >= 0.6 is 0 Å². The molecule has 1 aromatic rings. The van der Waals surface area contributed by atoms with Crippen LogP contribution in [0.3, 0.4) is 0 Å². The molecule has 8 heteroatoms. The maximum atomic E-state index is 12.6. The Morgan fingerprint density at radius 1 is 1.32 bits per heavy atom. The summed E-state index contributed by atoms with van der Waals surface area (Å²) in [4.78, 5) is 24.7. The Morgan fingerprint density at radius 3 is 2.60 bits per heavy atom. The number of piperidine rings is 1. The number of nitrogens with zero attached hydrogens (tertiary/aromatic N) is 2. The fraction of sp³-hybridized carbons (Fsp3) is 0.588. The van der Waals surface area contributed by atoms with Gasteiger partial charge in [-0.15, -0.1) is 0 Å². The quantitative estimate of drug-likeness (QED) is 0.651. The number of nitro benzene ring substituents is 1. The summed E-state index contributed by atoms with van der Waals surface area (Å²) >= 11 is 0. The SMILES string of the molecule is C[C@H]1OCCN[C@@H]1C(=O)N1CCC(Oc2ccc([N+](=O)[O-])cc2)CC1. The van der Waals surface area contributed by atoms with E-state index in [0.717, 1.165) is 12.8 Å². The number of rotatable bonds is 4. The molecule has 1 N–H and O–H groups in total. The number of carbonyl (C=O) groups excluding carboxylic acids is 1. The van der Waals surface area contributed by atoms with E-state index < -0.39 is 4.92 Å². The summed E-state index contributed by atoms with van der Waals surface area (Å²) in [6.45, 7) is 4.53. The number of morpholine rings is 1. The van der Waals surface area contributed by atoms with Crippen molar-refractivity contribution in [1.82, 2.24) is 10.2 Å². The third-order valence-corrected chi connectivity index (χ3v) is 4.69. The second-order valence-corrected chi connectivity index (χ2v) is 6.40. The molecule has 2 fully saturated rings. The van der Waals surface area contributed by atoms with Crippen LogP contribution in [0, 0.1) is 10.1 Å². The molecule has 136 valence electrons. The molecule has 0 aromatic heterocycles. The third kappa shape index (κ3) is 4.26. The molecule has 1 amide bonds. The monoisotopic (exact) mass is 349 g/mol. The molecule has 2 atom stereocenters. The number of carbonyl (C=O) groups is 1. The lowest BCUT2D eigenvalue weighted by Crippen LogP contribution is -2.57. The number of likely N-dealkylation sites (tertiary alicyclic amines) is 1. The Balaban J connectivity index is 1.49. The highest BCUT2D eigenvalue weighted by Gasteiger charge is 2.33. The Morgan fingerprint density at radius 2 is 2.00 bits per heavy atom. The highest BCUT2D eigenvalue weighted by molar-refractivity contribution is 5.82. The maximum absolute atomic E-state index is 12.6. The van der Waals surface area contributed by atoms with E-state index in [9.17, 15) is 14.9 Å². The first-order chi connectivity index (χ1) is 12.0. The van der Waals surface area contributed by atoms with Crippen molar-refractivity contribution >= 4 is 11.6 Å². The molecule has 2 aliphatic heterocycles. The van der Waals surface area contributed by atoms with Gasteiger partial charge in [0.15, 0.2) is 0 Å². The standard InChI is InChI=1S/C17H23N3O5/c1-12-16(18-8-11-24-12)17(21)19-9-6-15(7-10-19)25-14-4-2-13(3-5-14)20(22)23/h2-5,12,15-16,18H,6-11H2,1H3/t12-,16+/m1/s1. The molecule has 0 radical (unpaired) electrons. The molecule has 0 aliphatic carbocycles. The van der Waals surface area contributed by atoms with E-state index in [1.807, 2.05) is 11.8 Å². The molecule has 0 unspecified atom stereocenters. The van der Waals surface area contributed by atoms with Crippen LogP contribution in [-0.2, 0) is 9.53 Å². The van der Waals surface area contributed by atoms with E-state index in [1.165, 1.54) is 12.1 Å². The van der Waals surface area contributed by atoms with Crippen LogP contribution in [0.1, 0.15) is 19.8 Å². The molecule has 0 saturated carbocycles. The van der Waals surface area contributed by atoms with E-state index in [1.54, 1.807) is 12.1 Å². The van der Waals surface area contributed by atoms with Gasteiger partial charge in [-0.3, -0.25) is 14.9 Å². The van der Waals surface area contributed by atoms with Crippen LogP contribution in [0.15, 0.2) is 24.3 Å². The lowest BCUT2D eigenvalue weighted by atomic mass is 10.0. The van der Waals surface area contributed by atoms with Gasteiger partial charge in [0.2, 0.25) is 5.91 Å². The van der Waals surface area contributed by atoms with Crippen molar-refractivity contribution in [3.05, 3.63) is 34.4 Å². The molecule has 8 nitrogen and oxygen atoms in total. The predicted molar refractivity (Wildman–Crippen MR) is 90.5 cm³/mol. The Bertz CT molecular complexity index is 613. The zero-order valence-electron chi connectivity index (χ0n) is 14.2. The Kier molecular flexibility index (Phi) is 5.50. The van der Waals surface area contributed by atoms with Gasteiger partial charge in [-0.05, 0) is 19.1 Å². The summed E-state index contributed by atoms with van der Waals surface area (Å²) in [5.41, 5.74) is 0.0455. The van der Waals surface area contributed by atoms with E-state index >= 15 is 0 Å². The van der Waals surface area contributed by atoms with Gasteiger partial charge in [0.1, 0.15) is 17.9 Å². The van der Waals surface area contributed by atoms with E-state index in [-0.39, 0.29) is 29.8 Å². The van der Waals surface area contributed by atoms with Crippen LogP contribution in [0.4, 0.5) is 5.69 Å². The van der Waals surface area contributed by atoms with Gasteiger partial charge in [-0.2, -0.15) is 0 Å². The van der Waals surface area contributed by atoms with Gasteiger partial charge in [0.05, 0.1) is 17.6 Å². The second-order valence-electron chi connectivity index (χ2n) is 6.40. The number of benzene rings is 1. The van der Waals surface area contributed by atoms with Crippen molar-refractivity contribution in [2.75, 3.05) is 26.2 Å². The molecule has 3 rings (SSSR count). The number of nitro groups is 1. The topological polar surface area (TPSA) is 93.9 Å². The van der Waals surface area contributed by atoms with E-state index in [2.05, 4.69) is 5.32 Å². The van der Waals surface area contributed by atoms with Crippen molar-refractivity contribution in [3.63, 3.8) is 0 Å². The molecule has 0 bridgehead atoms. The first kappa shape index (κ1) is 17.6. The van der Waals surface area contributed by atoms with Gasteiger partial charge >= 0.3 is 0 Å². The lowest BCUT2D eigenvalue weighted by molar-refractivity contribution is -0.384. The highest BCUT2D eigenvalue weighted by atomic mass is 16.6. The maximum Gasteiger partial charge on any atom is 0.269 e. The van der Waals surface area contributed by atoms with Gasteiger partial charge < -0.3 is 19.7 Å². The van der Waals surface area contributed by atoms with Crippen LogP contribution < -0.4 is 10.1 Å². The van der Waals surface area contributed by atoms with Crippen LogP contribution in [0.2, 0.25) is 0 Å². The van der Waals surface area contributed by atoms with Crippen LogP contribution in [0.25, 0.3) is 0 Å². The predicted octanol–water partition coefficient (Wildman–Crippen LogP) is 1.34. The lowest BCUT2D eigenvalue weighted by Gasteiger charge is -2.37. The van der Waals surface area contributed by atoms with Crippen molar-refractivity contribution < 1.29 is 19.2 Å². The first-order valence-corrected chi connectivity index (χ1v) is 8.59. The largest absolute Gasteiger partial charge is 0.490 e. The van der Waals surface area contributed by atoms with Gasteiger partial charge in [-0.25, -0.2) is 0 Å². The molecule has 2 aliphatic rings. The smallest absolute Gasteiger partial charge is 0.269 e. The Hall–Kier alpha value is -2.19.